The Balaban J connectivity index is 2.38. The maximum Gasteiger partial charge on any atom is 0.0550 e. The summed E-state index contributed by atoms with van der Waals surface area (Å²) in [6.07, 6.45) is 1.74. The van der Waals surface area contributed by atoms with Gasteiger partial charge in [-0.3, -0.25) is 9.11 Å². The lowest BCUT2D eigenvalue weighted by molar-refractivity contribution is 0.376. The zero-order valence-corrected chi connectivity index (χ0v) is 6.68. The van der Waals surface area contributed by atoms with Crippen LogP contribution in [-0.2, 0) is 0 Å². The Bertz CT molecular complexity index is 128. The zero-order chi connectivity index (χ0) is 7.61. The smallest absolute Gasteiger partial charge is 0.0550 e. The van der Waals surface area contributed by atoms with Crippen molar-refractivity contribution in [3.63, 3.8) is 0 Å². The molecule has 0 aliphatic carbocycles. The van der Waals surface area contributed by atoms with E-state index in [4.69, 9.17) is 9.11 Å². The van der Waals surface area contributed by atoms with Crippen molar-refractivity contribution in [2.24, 2.45) is 0 Å². The predicted octanol–water partition coefficient (Wildman–Crippen LogP) is 1.20. The number of nitrogens with zero attached hydrogens (tertiary/aromatic N) is 1. The monoisotopic (exact) mass is 163 g/mol. The standard InChI is InChI=1S/C6H13NO2S/c1-2-7-3-5-10(8,9)6-4-7/h2,8-9H,1,3-6H2. The van der Waals surface area contributed by atoms with Gasteiger partial charge in [0.15, 0.2) is 0 Å². The molecule has 60 valence electrons. The van der Waals surface area contributed by atoms with Crippen LogP contribution in [0.5, 0.6) is 0 Å². The SMILES string of the molecule is C=CN1CCS(O)(O)CC1. The average molecular weight is 163 g/mol. The molecule has 2 N–H and O–H groups in total. The van der Waals surface area contributed by atoms with Gasteiger partial charge in [-0.25, -0.2) is 0 Å². The van der Waals surface area contributed by atoms with Crippen LogP contribution in [0.15, 0.2) is 12.8 Å². The van der Waals surface area contributed by atoms with E-state index in [9.17, 15) is 0 Å². The minimum absolute atomic E-state index is 0.499. The summed E-state index contributed by atoms with van der Waals surface area (Å²) in [5, 5.41) is 0. The molecule has 3 nitrogen and oxygen atoms in total. The van der Waals surface area contributed by atoms with Gasteiger partial charge in [0.1, 0.15) is 0 Å². The van der Waals surface area contributed by atoms with Crippen LogP contribution >= 0.6 is 10.6 Å². The van der Waals surface area contributed by atoms with Gasteiger partial charge in [0.05, 0.1) is 11.5 Å². The zero-order valence-electron chi connectivity index (χ0n) is 5.86. The van der Waals surface area contributed by atoms with Gasteiger partial charge in [-0.15, -0.1) is 0 Å². The summed E-state index contributed by atoms with van der Waals surface area (Å²) >= 11 is 0. The van der Waals surface area contributed by atoms with Crippen molar-refractivity contribution in [1.29, 1.82) is 0 Å². The minimum atomic E-state index is -2.22. The molecule has 0 radical (unpaired) electrons. The predicted molar refractivity (Wildman–Crippen MR) is 44.4 cm³/mol. The topological polar surface area (TPSA) is 43.7 Å². The Morgan fingerprint density at radius 1 is 1.30 bits per heavy atom. The maximum atomic E-state index is 9.17. The third-order valence-corrected chi connectivity index (χ3v) is 3.34. The lowest BCUT2D eigenvalue weighted by atomic mass is 10.5. The fourth-order valence-corrected chi connectivity index (χ4v) is 2.18. The molecule has 1 aliphatic rings. The normalized spacial score (nSPS) is 27.6. The molecule has 1 heterocycles. The van der Waals surface area contributed by atoms with E-state index in [1.54, 1.807) is 6.20 Å². The van der Waals surface area contributed by atoms with Crippen molar-refractivity contribution >= 4 is 10.6 Å². The van der Waals surface area contributed by atoms with Crippen molar-refractivity contribution in [1.82, 2.24) is 4.90 Å². The lowest BCUT2D eigenvalue weighted by Crippen LogP contribution is -2.34. The van der Waals surface area contributed by atoms with Gasteiger partial charge in [0, 0.05) is 13.1 Å². The molecule has 4 heteroatoms. The van der Waals surface area contributed by atoms with Crippen LogP contribution in [0.3, 0.4) is 0 Å². The summed E-state index contributed by atoms with van der Waals surface area (Å²) < 4.78 is 18.3. The second kappa shape index (κ2) is 2.82. The third-order valence-electron chi connectivity index (χ3n) is 1.67. The molecule has 1 aliphatic heterocycles. The highest BCUT2D eigenvalue weighted by molar-refractivity contribution is 8.24. The first-order valence-electron chi connectivity index (χ1n) is 3.24. The number of hydrogen-bond acceptors (Lipinski definition) is 3. The molecule has 0 aromatic heterocycles. The van der Waals surface area contributed by atoms with Crippen LogP contribution in [0.4, 0.5) is 0 Å². The van der Waals surface area contributed by atoms with Crippen molar-refractivity contribution < 1.29 is 9.11 Å². The largest absolute Gasteiger partial charge is 0.375 e. The maximum absolute atomic E-state index is 9.17. The Morgan fingerprint density at radius 3 is 2.20 bits per heavy atom. The van der Waals surface area contributed by atoms with Gasteiger partial charge in [0.25, 0.3) is 0 Å². The van der Waals surface area contributed by atoms with E-state index in [1.807, 2.05) is 4.90 Å². The Morgan fingerprint density at radius 2 is 1.80 bits per heavy atom. The first-order chi connectivity index (χ1) is 4.64. The Hall–Kier alpha value is -0.190. The van der Waals surface area contributed by atoms with Crippen LogP contribution in [0.25, 0.3) is 0 Å². The highest BCUT2D eigenvalue weighted by Crippen LogP contribution is 2.40. The van der Waals surface area contributed by atoms with E-state index >= 15 is 0 Å². The van der Waals surface area contributed by atoms with Crippen molar-refractivity contribution in [2.75, 3.05) is 24.6 Å². The molecule has 0 bridgehead atoms. The van der Waals surface area contributed by atoms with Crippen molar-refractivity contribution in [2.45, 2.75) is 0 Å². The van der Waals surface area contributed by atoms with Crippen LogP contribution < -0.4 is 0 Å². The molecule has 10 heavy (non-hydrogen) atoms. The molecule has 0 unspecified atom stereocenters. The molecule has 0 aromatic carbocycles. The highest BCUT2D eigenvalue weighted by Gasteiger charge is 2.19. The van der Waals surface area contributed by atoms with Gasteiger partial charge in [-0.1, -0.05) is 6.58 Å². The molecule has 0 aromatic rings. The summed E-state index contributed by atoms with van der Waals surface area (Å²) in [6, 6.07) is 0. The quantitative estimate of drug-likeness (QED) is 0.610. The molecular weight excluding hydrogens is 150 g/mol. The van der Waals surface area contributed by atoms with Crippen LogP contribution in [0.2, 0.25) is 0 Å². The van der Waals surface area contributed by atoms with E-state index in [2.05, 4.69) is 6.58 Å². The van der Waals surface area contributed by atoms with Crippen molar-refractivity contribution in [3.8, 4) is 0 Å². The van der Waals surface area contributed by atoms with Crippen LogP contribution in [0, 0.1) is 0 Å². The van der Waals surface area contributed by atoms with Crippen LogP contribution in [-0.4, -0.2) is 38.6 Å². The number of rotatable bonds is 1. The minimum Gasteiger partial charge on any atom is -0.375 e. The van der Waals surface area contributed by atoms with Gasteiger partial charge in [-0.05, 0) is 6.20 Å². The average Bonchev–Trinajstić information content (AvgIpc) is 1.88. The van der Waals surface area contributed by atoms with Gasteiger partial charge in [-0.2, -0.15) is 10.6 Å². The van der Waals surface area contributed by atoms with E-state index in [-0.39, 0.29) is 0 Å². The summed E-state index contributed by atoms with van der Waals surface area (Å²) in [5.41, 5.74) is 0. The Kier molecular flexibility index (Phi) is 2.23. The summed E-state index contributed by atoms with van der Waals surface area (Å²) in [7, 11) is -2.22. The van der Waals surface area contributed by atoms with E-state index in [1.165, 1.54) is 0 Å². The second-order valence-electron chi connectivity index (χ2n) is 2.43. The molecule has 1 rings (SSSR count). The lowest BCUT2D eigenvalue weighted by Gasteiger charge is -2.40. The molecule has 1 saturated heterocycles. The van der Waals surface area contributed by atoms with E-state index in [0.29, 0.717) is 11.5 Å². The molecule has 0 spiro atoms. The fourth-order valence-electron chi connectivity index (χ4n) is 0.923. The molecule has 0 atom stereocenters. The van der Waals surface area contributed by atoms with Gasteiger partial charge < -0.3 is 4.90 Å². The van der Waals surface area contributed by atoms with E-state index in [0.717, 1.165) is 13.1 Å². The first kappa shape index (κ1) is 7.91. The van der Waals surface area contributed by atoms with E-state index < -0.39 is 10.6 Å². The van der Waals surface area contributed by atoms with Crippen LogP contribution in [0.1, 0.15) is 0 Å². The fraction of sp³-hybridized carbons (Fsp3) is 0.667. The third kappa shape index (κ3) is 1.90. The van der Waals surface area contributed by atoms with Gasteiger partial charge >= 0.3 is 0 Å². The second-order valence-corrected chi connectivity index (χ2v) is 4.85. The summed E-state index contributed by atoms with van der Waals surface area (Å²) in [6.45, 7) is 5.06. The summed E-state index contributed by atoms with van der Waals surface area (Å²) in [4.78, 5) is 2.00. The van der Waals surface area contributed by atoms with Gasteiger partial charge in [0.2, 0.25) is 0 Å². The molecule has 1 fully saturated rings. The first-order valence-corrected chi connectivity index (χ1v) is 5.13. The highest BCUT2D eigenvalue weighted by atomic mass is 32.3. The summed E-state index contributed by atoms with van der Waals surface area (Å²) in [5.74, 6) is 0.998. The van der Waals surface area contributed by atoms with Crippen molar-refractivity contribution in [3.05, 3.63) is 12.8 Å². The molecule has 0 saturated carbocycles. The Labute approximate surface area is 62.7 Å². The molecule has 0 amide bonds. The number of hydrogen-bond donors (Lipinski definition) is 2. The molecular formula is C6H13NO2S.